The molecule has 5 nitrogen and oxygen atoms in total. The van der Waals surface area contributed by atoms with Gasteiger partial charge in [-0.05, 0) is 18.4 Å². The van der Waals surface area contributed by atoms with Crippen molar-refractivity contribution < 1.29 is 0 Å². The second kappa shape index (κ2) is 7.13. The van der Waals surface area contributed by atoms with E-state index in [1.807, 2.05) is 6.07 Å². The highest BCUT2D eigenvalue weighted by Crippen LogP contribution is 2.25. The number of aromatic nitrogens is 3. The van der Waals surface area contributed by atoms with Gasteiger partial charge in [0.25, 0.3) is 0 Å². The molecular weight excluding hydrogens is 286 g/mol. The quantitative estimate of drug-likeness (QED) is 0.854. The molecule has 23 heavy (non-hydrogen) atoms. The molecule has 1 atom stereocenters. The van der Waals surface area contributed by atoms with E-state index in [1.165, 1.54) is 5.56 Å². The Morgan fingerprint density at radius 1 is 1.17 bits per heavy atom. The molecule has 2 aromatic rings. The van der Waals surface area contributed by atoms with Crippen LogP contribution in [0.4, 0.5) is 0 Å². The van der Waals surface area contributed by atoms with Crippen molar-refractivity contribution in [2.75, 3.05) is 6.54 Å². The highest BCUT2D eigenvalue weighted by atomic mass is 15.5. The summed E-state index contributed by atoms with van der Waals surface area (Å²) in [5, 5.41) is 11.8. The summed E-state index contributed by atoms with van der Waals surface area (Å²) in [6, 6.07) is 10.7. The molecule has 3 rings (SSSR count). The van der Waals surface area contributed by atoms with Crippen LogP contribution in [0.25, 0.3) is 0 Å². The minimum atomic E-state index is 0.293. The predicted octanol–water partition coefficient (Wildman–Crippen LogP) is 2.56. The summed E-state index contributed by atoms with van der Waals surface area (Å²) in [4.78, 5) is 3.99. The lowest BCUT2D eigenvalue weighted by Crippen LogP contribution is -2.36. The molecule has 1 fully saturated rings. The van der Waals surface area contributed by atoms with Gasteiger partial charge < -0.3 is 10.2 Å². The molecule has 0 radical (unpaired) electrons. The zero-order valence-electron chi connectivity index (χ0n) is 13.4. The molecule has 0 aliphatic carbocycles. The van der Waals surface area contributed by atoms with E-state index in [2.05, 4.69) is 57.8 Å². The van der Waals surface area contributed by atoms with E-state index in [-0.39, 0.29) is 0 Å². The number of benzene rings is 1. The van der Waals surface area contributed by atoms with Crippen molar-refractivity contribution in [2.24, 2.45) is 0 Å². The Balaban J connectivity index is 1.57. The van der Waals surface area contributed by atoms with Gasteiger partial charge >= 0.3 is 0 Å². The summed E-state index contributed by atoms with van der Waals surface area (Å²) >= 11 is 0. The number of allylic oxidation sites excluding steroid dienone is 1. The van der Waals surface area contributed by atoms with Gasteiger partial charge in [0, 0.05) is 24.5 Å². The number of nitrogens with zero attached hydrogens (tertiary/aromatic N) is 4. The van der Waals surface area contributed by atoms with Crippen molar-refractivity contribution in [3.05, 3.63) is 72.8 Å². The van der Waals surface area contributed by atoms with Crippen LogP contribution >= 0.6 is 0 Å². The molecule has 0 amide bonds. The summed E-state index contributed by atoms with van der Waals surface area (Å²) in [7, 11) is 0. The first-order valence-corrected chi connectivity index (χ1v) is 7.99. The van der Waals surface area contributed by atoms with Crippen molar-refractivity contribution in [2.45, 2.75) is 32.0 Å². The summed E-state index contributed by atoms with van der Waals surface area (Å²) in [5.41, 5.74) is 3.35. The molecule has 120 valence electrons. The van der Waals surface area contributed by atoms with Crippen molar-refractivity contribution in [3.8, 4) is 0 Å². The number of rotatable bonds is 7. The topological polar surface area (TPSA) is 46.0 Å². The van der Waals surface area contributed by atoms with Gasteiger partial charge in [0.2, 0.25) is 0 Å². The highest BCUT2D eigenvalue weighted by molar-refractivity contribution is 5.17. The second-order valence-electron chi connectivity index (χ2n) is 5.84. The normalized spacial score (nSPS) is 17.2. The molecule has 1 unspecified atom stereocenters. The predicted molar refractivity (Wildman–Crippen MR) is 91.3 cm³/mol. The van der Waals surface area contributed by atoms with Crippen molar-refractivity contribution in [3.63, 3.8) is 0 Å². The third kappa shape index (κ3) is 3.80. The maximum Gasteiger partial charge on any atom is 0.0999 e. The zero-order chi connectivity index (χ0) is 16.1. The van der Waals surface area contributed by atoms with E-state index in [9.17, 15) is 0 Å². The van der Waals surface area contributed by atoms with Crippen molar-refractivity contribution in [1.82, 2.24) is 25.2 Å². The number of hydrogen-bond acceptors (Lipinski definition) is 4. The second-order valence-corrected chi connectivity index (χ2v) is 5.84. The first kappa shape index (κ1) is 15.3. The summed E-state index contributed by atoms with van der Waals surface area (Å²) in [5.74, 6) is 0. The van der Waals surface area contributed by atoms with Crippen molar-refractivity contribution >= 4 is 0 Å². The van der Waals surface area contributed by atoms with Crippen LogP contribution in [0, 0.1) is 0 Å². The standard InChI is InChI=1S/C18H23N5/c1-15(14-23-20-10-11-21-23)22-12-6-9-18(22)16(2)19-13-17-7-4-3-5-8-17/h3-5,7-8,10-11,18-19H,1-2,6,9,12-14H2. The zero-order valence-corrected chi connectivity index (χ0v) is 13.4. The molecule has 1 saturated heterocycles. The Kier molecular flexibility index (Phi) is 4.76. The van der Waals surface area contributed by atoms with Gasteiger partial charge in [-0.15, -0.1) is 0 Å². The molecule has 1 aliphatic heterocycles. The number of nitrogens with one attached hydrogen (secondary N) is 1. The van der Waals surface area contributed by atoms with Gasteiger partial charge in [-0.2, -0.15) is 15.0 Å². The molecule has 1 aromatic carbocycles. The lowest BCUT2D eigenvalue weighted by atomic mass is 10.1. The summed E-state index contributed by atoms with van der Waals surface area (Å²) in [6.45, 7) is 10.9. The molecule has 0 spiro atoms. The van der Waals surface area contributed by atoms with Gasteiger partial charge in [0.1, 0.15) is 0 Å². The van der Waals surface area contributed by atoms with Crippen LogP contribution in [-0.2, 0) is 13.1 Å². The molecule has 1 aliphatic rings. The van der Waals surface area contributed by atoms with Gasteiger partial charge in [0.05, 0.1) is 25.0 Å². The summed E-state index contributed by atoms with van der Waals surface area (Å²) in [6.07, 6.45) is 5.64. The first-order valence-electron chi connectivity index (χ1n) is 7.99. The van der Waals surface area contributed by atoms with Gasteiger partial charge in [-0.1, -0.05) is 43.5 Å². The van der Waals surface area contributed by atoms with Gasteiger partial charge in [0.15, 0.2) is 0 Å². The van der Waals surface area contributed by atoms with E-state index in [0.29, 0.717) is 12.6 Å². The van der Waals surface area contributed by atoms with Crippen LogP contribution in [-0.4, -0.2) is 32.5 Å². The van der Waals surface area contributed by atoms with E-state index in [0.717, 1.165) is 37.3 Å². The average Bonchev–Trinajstić information content (AvgIpc) is 3.24. The van der Waals surface area contributed by atoms with Crippen LogP contribution in [0.3, 0.4) is 0 Å². The van der Waals surface area contributed by atoms with Crippen LogP contribution in [0.5, 0.6) is 0 Å². The Bertz CT molecular complexity index is 647. The van der Waals surface area contributed by atoms with E-state index in [4.69, 9.17) is 0 Å². The highest BCUT2D eigenvalue weighted by Gasteiger charge is 2.27. The summed E-state index contributed by atoms with van der Waals surface area (Å²) < 4.78 is 0. The Morgan fingerprint density at radius 2 is 1.91 bits per heavy atom. The number of likely N-dealkylation sites (tertiary alicyclic amines) is 1. The average molecular weight is 309 g/mol. The Hall–Kier alpha value is -2.56. The number of hydrogen-bond donors (Lipinski definition) is 1. The van der Waals surface area contributed by atoms with Crippen LogP contribution < -0.4 is 5.32 Å². The molecule has 1 N–H and O–H groups in total. The lowest BCUT2D eigenvalue weighted by molar-refractivity contribution is 0.317. The molecular formula is C18H23N5. The van der Waals surface area contributed by atoms with Crippen LogP contribution in [0.2, 0.25) is 0 Å². The molecule has 1 aromatic heterocycles. The molecule has 0 bridgehead atoms. The fraction of sp³-hybridized carbons (Fsp3) is 0.333. The SMILES string of the molecule is C=C(NCc1ccccc1)C1CCCN1C(=C)Cn1nccn1. The third-order valence-corrected chi connectivity index (χ3v) is 4.21. The van der Waals surface area contributed by atoms with E-state index < -0.39 is 0 Å². The molecule has 5 heteroatoms. The lowest BCUT2D eigenvalue weighted by Gasteiger charge is -2.30. The van der Waals surface area contributed by atoms with Gasteiger partial charge in [-0.3, -0.25) is 0 Å². The molecule has 0 saturated carbocycles. The maximum atomic E-state index is 4.25. The fourth-order valence-electron chi connectivity index (χ4n) is 3.02. The van der Waals surface area contributed by atoms with E-state index in [1.54, 1.807) is 17.2 Å². The Morgan fingerprint density at radius 3 is 2.65 bits per heavy atom. The van der Waals surface area contributed by atoms with Gasteiger partial charge in [-0.25, -0.2) is 0 Å². The molecule has 2 heterocycles. The third-order valence-electron chi connectivity index (χ3n) is 4.21. The van der Waals surface area contributed by atoms with E-state index >= 15 is 0 Å². The maximum absolute atomic E-state index is 4.25. The van der Waals surface area contributed by atoms with Crippen molar-refractivity contribution in [1.29, 1.82) is 0 Å². The first-order chi connectivity index (χ1) is 11.2. The minimum absolute atomic E-state index is 0.293. The smallest absolute Gasteiger partial charge is 0.0999 e. The van der Waals surface area contributed by atoms with Crippen LogP contribution in [0.1, 0.15) is 18.4 Å². The largest absolute Gasteiger partial charge is 0.383 e. The van der Waals surface area contributed by atoms with Crippen LogP contribution in [0.15, 0.2) is 67.3 Å². The Labute approximate surface area is 137 Å². The minimum Gasteiger partial charge on any atom is -0.383 e. The fourth-order valence-corrected chi connectivity index (χ4v) is 3.02. The monoisotopic (exact) mass is 309 g/mol.